The summed E-state index contributed by atoms with van der Waals surface area (Å²) < 4.78 is 22.2. The topological polar surface area (TPSA) is 119 Å². The molecule has 39 heavy (non-hydrogen) atoms. The molecule has 10 nitrogen and oxygen atoms in total. The zero-order chi connectivity index (χ0) is 26.9. The minimum absolute atomic E-state index is 0.0456. The number of methoxy groups -OCH3 is 1. The smallest absolute Gasteiger partial charge is 0.293 e. The molecule has 2 aliphatic rings. The average Bonchev–Trinajstić information content (AvgIpc) is 3.54. The first-order valence-corrected chi connectivity index (χ1v) is 12.5. The molecule has 0 saturated carbocycles. The number of fused-ring (bicyclic) bond motifs is 2. The van der Waals surface area contributed by atoms with Gasteiger partial charge in [-0.1, -0.05) is 12.1 Å². The third-order valence-corrected chi connectivity index (χ3v) is 6.73. The number of anilines is 3. The molecule has 3 heterocycles. The summed E-state index contributed by atoms with van der Waals surface area (Å²) >= 11 is 0. The van der Waals surface area contributed by atoms with Crippen molar-refractivity contribution in [2.75, 3.05) is 42.4 Å². The highest BCUT2D eigenvalue weighted by molar-refractivity contribution is 6.15. The van der Waals surface area contributed by atoms with E-state index < -0.39 is 11.8 Å². The maximum absolute atomic E-state index is 13.4. The Bertz CT molecular complexity index is 1580. The molecule has 1 aromatic heterocycles. The summed E-state index contributed by atoms with van der Waals surface area (Å²) in [4.78, 5) is 41.0. The van der Waals surface area contributed by atoms with Crippen LogP contribution in [0.2, 0.25) is 0 Å². The molecule has 2 aliphatic heterocycles. The molecule has 6 rings (SSSR count). The fraction of sp³-hybridized carbons (Fsp3) is 0.207. The van der Waals surface area contributed by atoms with E-state index in [9.17, 15) is 14.4 Å². The van der Waals surface area contributed by atoms with Crippen molar-refractivity contribution in [1.29, 1.82) is 0 Å². The minimum Gasteiger partial charge on any atom is -0.497 e. The molecule has 0 unspecified atom stereocenters. The van der Waals surface area contributed by atoms with Gasteiger partial charge in [-0.2, -0.15) is 0 Å². The van der Waals surface area contributed by atoms with Gasteiger partial charge in [-0.15, -0.1) is 0 Å². The van der Waals surface area contributed by atoms with Gasteiger partial charge < -0.3 is 34.2 Å². The SMILES string of the molecule is COc1ccc(N2C[C@H](C(=O)Nc3c(C(=O)Nc4ccc5c(c4)OCCO5)oc4ccccc34)CC2=O)cc1. The lowest BCUT2D eigenvalue weighted by molar-refractivity contribution is -0.122. The van der Waals surface area contributed by atoms with Gasteiger partial charge in [0.25, 0.3) is 5.91 Å². The third-order valence-electron chi connectivity index (χ3n) is 6.73. The monoisotopic (exact) mass is 527 g/mol. The summed E-state index contributed by atoms with van der Waals surface area (Å²) in [6, 6.07) is 19.2. The lowest BCUT2D eigenvalue weighted by Crippen LogP contribution is -2.28. The van der Waals surface area contributed by atoms with Crippen molar-refractivity contribution >= 4 is 45.8 Å². The van der Waals surface area contributed by atoms with Gasteiger partial charge in [0.05, 0.1) is 13.0 Å². The summed E-state index contributed by atoms with van der Waals surface area (Å²) in [5.41, 5.74) is 1.87. The first-order chi connectivity index (χ1) is 19.0. The van der Waals surface area contributed by atoms with Crippen LogP contribution in [-0.4, -0.2) is 44.6 Å². The predicted molar refractivity (Wildman–Crippen MR) is 144 cm³/mol. The summed E-state index contributed by atoms with van der Waals surface area (Å²) in [5.74, 6) is 0.0790. The van der Waals surface area contributed by atoms with Gasteiger partial charge in [-0.05, 0) is 48.5 Å². The molecular weight excluding hydrogens is 502 g/mol. The van der Waals surface area contributed by atoms with Crippen molar-refractivity contribution in [3.05, 3.63) is 72.5 Å². The Labute approximate surface area is 223 Å². The lowest BCUT2D eigenvalue weighted by Gasteiger charge is -2.19. The average molecular weight is 528 g/mol. The first-order valence-electron chi connectivity index (χ1n) is 12.5. The van der Waals surface area contributed by atoms with Gasteiger partial charge in [-0.3, -0.25) is 14.4 Å². The summed E-state index contributed by atoms with van der Waals surface area (Å²) in [6.07, 6.45) is 0.0480. The van der Waals surface area contributed by atoms with Crippen LogP contribution in [0, 0.1) is 5.92 Å². The second kappa shape index (κ2) is 10.1. The number of ether oxygens (including phenoxy) is 3. The molecule has 10 heteroatoms. The van der Waals surface area contributed by atoms with Gasteiger partial charge in [0.2, 0.25) is 17.6 Å². The van der Waals surface area contributed by atoms with E-state index in [1.54, 1.807) is 78.7 Å². The summed E-state index contributed by atoms with van der Waals surface area (Å²) in [5, 5.41) is 6.25. The highest BCUT2D eigenvalue weighted by atomic mass is 16.6. The highest BCUT2D eigenvalue weighted by Crippen LogP contribution is 2.35. The number of furan rings is 1. The van der Waals surface area contributed by atoms with Crippen LogP contribution in [0.25, 0.3) is 11.0 Å². The van der Waals surface area contributed by atoms with E-state index in [2.05, 4.69) is 10.6 Å². The number of hydrogen-bond acceptors (Lipinski definition) is 7. The van der Waals surface area contributed by atoms with Crippen LogP contribution < -0.4 is 29.7 Å². The Morgan fingerprint density at radius 3 is 2.51 bits per heavy atom. The van der Waals surface area contributed by atoms with Crippen LogP contribution in [0.4, 0.5) is 17.1 Å². The van der Waals surface area contributed by atoms with Crippen molar-refractivity contribution in [3.8, 4) is 17.2 Å². The molecule has 0 spiro atoms. The molecule has 0 aliphatic carbocycles. The van der Waals surface area contributed by atoms with E-state index in [4.69, 9.17) is 18.6 Å². The maximum Gasteiger partial charge on any atom is 0.293 e. The molecule has 1 fully saturated rings. The van der Waals surface area contributed by atoms with Crippen molar-refractivity contribution in [2.24, 2.45) is 5.92 Å². The molecule has 198 valence electrons. The zero-order valence-electron chi connectivity index (χ0n) is 21.1. The standard InChI is InChI=1S/C29H25N3O7/c1-36-20-9-7-19(8-10-20)32-16-17(14-25(32)33)28(34)31-26-21-4-2-3-5-22(21)39-27(26)29(35)30-18-6-11-23-24(15-18)38-13-12-37-23/h2-11,15,17H,12-14,16H2,1H3,(H,30,35)(H,31,34)/t17-/m1/s1. The molecule has 1 saturated heterocycles. The maximum atomic E-state index is 13.4. The quantitative estimate of drug-likeness (QED) is 0.380. The van der Waals surface area contributed by atoms with Crippen molar-refractivity contribution < 1.29 is 33.0 Å². The number of nitrogens with one attached hydrogen (secondary N) is 2. The van der Waals surface area contributed by atoms with Gasteiger partial charge in [-0.25, -0.2) is 0 Å². The molecule has 2 N–H and O–H groups in total. The summed E-state index contributed by atoms with van der Waals surface area (Å²) in [7, 11) is 1.57. The van der Waals surface area contributed by atoms with Gasteiger partial charge in [0, 0.05) is 35.8 Å². The Morgan fingerprint density at radius 2 is 1.72 bits per heavy atom. The Hall–Kier alpha value is -4.99. The summed E-state index contributed by atoms with van der Waals surface area (Å²) in [6.45, 7) is 1.10. The normalized spacial score (nSPS) is 16.3. The second-order valence-electron chi connectivity index (χ2n) is 9.21. The van der Waals surface area contributed by atoms with Gasteiger partial charge in [0.15, 0.2) is 11.5 Å². The van der Waals surface area contributed by atoms with Crippen LogP contribution in [0.1, 0.15) is 17.0 Å². The lowest BCUT2D eigenvalue weighted by atomic mass is 10.1. The van der Waals surface area contributed by atoms with Crippen molar-refractivity contribution in [1.82, 2.24) is 0 Å². The second-order valence-corrected chi connectivity index (χ2v) is 9.21. The number of carbonyl (C=O) groups is 3. The molecule has 3 aromatic carbocycles. The van der Waals surface area contributed by atoms with Crippen LogP contribution >= 0.6 is 0 Å². The van der Waals surface area contributed by atoms with E-state index in [0.717, 1.165) is 0 Å². The van der Waals surface area contributed by atoms with E-state index in [1.807, 2.05) is 0 Å². The number of para-hydroxylation sites is 1. The molecule has 0 bridgehead atoms. The predicted octanol–water partition coefficient (Wildman–Crippen LogP) is 4.46. The third kappa shape index (κ3) is 4.72. The number of benzene rings is 3. The molecule has 4 aromatic rings. The molecule has 0 radical (unpaired) electrons. The fourth-order valence-electron chi connectivity index (χ4n) is 4.76. The highest BCUT2D eigenvalue weighted by Gasteiger charge is 2.36. The van der Waals surface area contributed by atoms with E-state index >= 15 is 0 Å². The van der Waals surface area contributed by atoms with Crippen LogP contribution in [0.3, 0.4) is 0 Å². The van der Waals surface area contributed by atoms with Crippen LogP contribution in [0.5, 0.6) is 17.2 Å². The largest absolute Gasteiger partial charge is 0.497 e. The molecular formula is C29H25N3O7. The Morgan fingerprint density at radius 1 is 0.949 bits per heavy atom. The minimum atomic E-state index is -0.609. The number of amides is 3. The van der Waals surface area contributed by atoms with E-state index in [1.165, 1.54) is 0 Å². The molecule has 3 amide bonds. The number of hydrogen-bond donors (Lipinski definition) is 2. The number of nitrogens with zero attached hydrogens (tertiary/aromatic N) is 1. The van der Waals surface area contributed by atoms with Gasteiger partial charge >= 0.3 is 0 Å². The molecule has 1 atom stereocenters. The van der Waals surface area contributed by atoms with Gasteiger partial charge in [0.1, 0.15) is 30.2 Å². The Balaban J connectivity index is 1.23. The van der Waals surface area contributed by atoms with Crippen molar-refractivity contribution in [2.45, 2.75) is 6.42 Å². The van der Waals surface area contributed by atoms with Crippen LogP contribution in [-0.2, 0) is 9.59 Å². The number of rotatable bonds is 6. The zero-order valence-corrected chi connectivity index (χ0v) is 21.1. The fourth-order valence-corrected chi connectivity index (χ4v) is 4.76. The first kappa shape index (κ1) is 24.4. The number of carbonyl (C=O) groups excluding carboxylic acids is 3. The van der Waals surface area contributed by atoms with Crippen molar-refractivity contribution in [3.63, 3.8) is 0 Å². The van der Waals surface area contributed by atoms with E-state index in [0.29, 0.717) is 52.8 Å². The van der Waals surface area contributed by atoms with Crippen LogP contribution in [0.15, 0.2) is 71.1 Å². The van der Waals surface area contributed by atoms with E-state index in [-0.39, 0.29) is 36.2 Å². The Kier molecular flexibility index (Phi) is 6.28.